The smallest absolute Gasteiger partial charge is 0.270 e. The summed E-state index contributed by atoms with van der Waals surface area (Å²) >= 11 is 0. The van der Waals surface area contributed by atoms with Crippen molar-refractivity contribution in [2.24, 2.45) is 0 Å². The van der Waals surface area contributed by atoms with Crippen LogP contribution in [0.25, 0.3) is 0 Å². The maximum atomic E-state index is 13.0. The van der Waals surface area contributed by atoms with E-state index >= 15 is 0 Å². The molecule has 6 nitrogen and oxygen atoms in total. The van der Waals surface area contributed by atoms with Gasteiger partial charge in [0.1, 0.15) is 5.69 Å². The van der Waals surface area contributed by atoms with Gasteiger partial charge in [-0.15, -0.1) is 0 Å². The first-order valence-electron chi connectivity index (χ1n) is 9.10. The molecule has 2 heterocycles. The highest BCUT2D eigenvalue weighted by Crippen LogP contribution is 2.18. The number of pyridine rings is 2. The van der Waals surface area contributed by atoms with Crippen molar-refractivity contribution in [2.75, 3.05) is 11.4 Å². The molecule has 1 N–H and O–H groups in total. The van der Waals surface area contributed by atoms with Crippen molar-refractivity contribution >= 4 is 17.5 Å². The van der Waals surface area contributed by atoms with Gasteiger partial charge in [-0.25, -0.2) is 0 Å². The molecular formula is C22H22N4O2. The van der Waals surface area contributed by atoms with E-state index < -0.39 is 0 Å². The molecule has 142 valence electrons. The summed E-state index contributed by atoms with van der Waals surface area (Å²) in [4.78, 5) is 35.2. The van der Waals surface area contributed by atoms with E-state index in [0.29, 0.717) is 18.7 Å². The fraction of sp³-hybridized carbons (Fsp3) is 0.182. The van der Waals surface area contributed by atoms with E-state index in [-0.39, 0.29) is 17.5 Å². The van der Waals surface area contributed by atoms with Crippen molar-refractivity contribution in [2.45, 2.75) is 20.4 Å². The van der Waals surface area contributed by atoms with Gasteiger partial charge in [-0.3, -0.25) is 19.6 Å². The van der Waals surface area contributed by atoms with Crippen LogP contribution < -0.4 is 10.2 Å². The highest BCUT2D eigenvalue weighted by Gasteiger charge is 2.18. The van der Waals surface area contributed by atoms with Crippen LogP contribution in [-0.2, 0) is 6.54 Å². The SMILES string of the molecule is CCN(C(=O)c1ccnc(C(=O)NCc2cccnc2)c1)c1cccc(C)c1. The van der Waals surface area contributed by atoms with Crippen LogP contribution in [0.5, 0.6) is 0 Å². The van der Waals surface area contributed by atoms with Gasteiger partial charge < -0.3 is 10.2 Å². The maximum absolute atomic E-state index is 13.0. The zero-order chi connectivity index (χ0) is 19.9. The van der Waals surface area contributed by atoms with E-state index in [9.17, 15) is 9.59 Å². The first-order valence-corrected chi connectivity index (χ1v) is 9.10. The normalized spacial score (nSPS) is 10.4. The van der Waals surface area contributed by atoms with Crippen molar-refractivity contribution in [3.63, 3.8) is 0 Å². The summed E-state index contributed by atoms with van der Waals surface area (Å²) in [6.45, 7) is 4.77. The lowest BCUT2D eigenvalue weighted by atomic mass is 10.1. The molecule has 0 bridgehead atoms. The Balaban J connectivity index is 1.76. The second kappa shape index (κ2) is 8.90. The first kappa shape index (κ1) is 19.2. The molecule has 0 aliphatic rings. The van der Waals surface area contributed by atoms with Crippen LogP contribution >= 0.6 is 0 Å². The van der Waals surface area contributed by atoms with Gasteiger partial charge in [0.15, 0.2) is 0 Å². The number of anilines is 1. The van der Waals surface area contributed by atoms with Crippen LogP contribution in [0, 0.1) is 6.92 Å². The number of carbonyl (C=O) groups is 2. The molecule has 0 aliphatic heterocycles. The second-order valence-corrected chi connectivity index (χ2v) is 6.36. The van der Waals surface area contributed by atoms with Gasteiger partial charge in [-0.1, -0.05) is 18.2 Å². The van der Waals surface area contributed by atoms with Crippen LogP contribution in [0.3, 0.4) is 0 Å². The van der Waals surface area contributed by atoms with Gasteiger partial charge >= 0.3 is 0 Å². The van der Waals surface area contributed by atoms with Crippen molar-refractivity contribution in [1.29, 1.82) is 0 Å². The molecule has 0 fully saturated rings. The highest BCUT2D eigenvalue weighted by molar-refractivity contribution is 6.07. The third kappa shape index (κ3) is 4.59. The molecule has 1 aromatic carbocycles. The van der Waals surface area contributed by atoms with Crippen LogP contribution in [0.2, 0.25) is 0 Å². The zero-order valence-corrected chi connectivity index (χ0v) is 15.9. The Morgan fingerprint density at radius 1 is 1.07 bits per heavy atom. The number of nitrogens with zero attached hydrogens (tertiary/aromatic N) is 3. The fourth-order valence-corrected chi connectivity index (χ4v) is 2.86. The number of carbonyl (C=O) groups excluding carboxylic acids is 2. The molecule has 6 heteroatoms. The van der Waals surface area contributed by atoms with E-state index in [1.807, 2.05) is 50.2 Å². The van der Waals surface area contributed by atoms with Gasteiger partial charge in [0.05, 0.1) is 0 Å². The minimum absolute atomic E-state index is 0.170. The van der Waals surface area contributed by atoms with Crippen molar-refractivity contribution < 1.29 is 9.59 Å². The molecule has 0 spiro atoms. The molecule has 3 aromatic rings. The standard InChI is InChI=1S/C22H22N4O2/c1-3-26(19-8-4-6-16(2)12-19)22(28)18-9-11-24-20(13-18)21(27)25-15-17-7-5-10-23-14-17/h4-14H,3,15H2,1-2H3,(H,25,27). The lowest BCUT2D eigenvalue weighted by Crippen LogP contribution is -2.31. The lowest BCUT2D eigenvalue weighted by Gasteiger charge is -2.21. The summed E-state index contributed by atoms with van der Waals surface area (Å²) in [6.07, 6.45) is 4.85. The van der Waals surface area contributed by atoms with Crippen molar-refractivity contribution in [3.8, 4) is 0 Å². The molecule has 0 radical (unpaired) electrons. The Morgan fingerprint density at radius 2 is 1.93 bits per heavy atom. The maximum Gasteiger partial charge on any atom is 0.270 e. The van der Waals surface area contributed by atoms with E-state index in [4.69, 9.17) is 0 Å². The predicted molar refractivity (Wildman–Crippen MR) is 108 cm³/mol. The van der Waals surface area contributed by atoms with Gasteiger partial charge in [0, 0.05) is 42.9 Å². The largest absolute Gasteiger partial charge is 0.347 e. The van der Waals surface area contributed by atoms with Crippen molar-refractivity contribution in [1.82, 2.24) is 15.3 Å². The number of hydrogen-bond acceptors (Lipinski definition) is 4. The summed E-state index contributed by atoms with van der Waals surface area (Å²) in [5, 5.41) is 2.80. The molecule has 2 amide bonds. The van der Waals surface area contributed by atoms with Crippen molar-refractivity contribution in [3.05, 3.63) is 89.5 Å². The van der Waals surface area contributed by atoms with Gasteiger partial charge in [0.25, 0.3) is 11.8 Å². The molecule has 3 rings (SSSR count). The van der Waals surface area contributed by atoms with Crippen LogP contribution in [0.4, 0.5) is 5.69 Å². The number of nitrogens with one attached hydrogen (secondary N) is 1. The Labute approximate surface area is 164 Å². The fourth-order valence-electron chi connectivity index (χ4n) is 2.86. The number of amides is 2. The van der Waals surface area contributed by atoms with Crippen LogP contribution in [-0.4, -0.2) is 28.3 Å². The summed E-state index contributed by atoms with van der Waals surface area (Å²) in [5.41, 5.74) is 3.42. The number of hydrogen-bond donors (Lipinski definition) is 1. The molecule has 0 atom stereocenters. The van der Waals surface area contributed by atoms with Crippen LogP contribution in [0.1, 0.15) is 38.9 Å². The second-order valence-electron chi connectivity index (χ2n) is 6.36. The minimum Gasteiger partial charge on any atom is -0.347 e. The summed E-state index contributed by atoms with van der Waals surface area (Å²) in [6, 6.07) is 14.6. The molecule has 2 aromatic heterocycles. The number of aromatic nitrogens is 2. The number of rotatable bonds is 6. The molecule has 28 heavy (non-hydrogen) atoms. The Bertz CT molecular complexity index is 973. The average molecular weight is 374 g/mol. The van der Waals surface area contributed by atoms with E-state index in [0.717, 1.165) is 16.8 Å². The average Bonchev–Trinajstić information content (AvgIpc) is 2.73. The van der Waals surface area contributed by atoms with E-state index in [1.54, 1.807) is 23.4 Å². The molecule has 0 aliphatic carbocycles. The third-order valence-corrected chi connectivity index (χ3v) is 4.29. The summed E-state index contributed by atoms with van der Waals surface area (Å²) < 4.78 is 0. The Kier molecular flexibility index (Phi) is 6.11. The number of aryl methyl sites for hydroxylation is 1. The molecule has 0 saturated carbocycles. The summed E-state index contributed by atoms with van der Waals surface area (Å²) in [7, 11) is 0. The Morgan fingerprint density at radius 3 is 2.64 bits per heavy atom. The predicted octanol–water partition coefficient (Wildman–Crippen LogP) is 3.38. The monoisotopic (exact) mass is 374 g/mol. The van der Waals surface area contributed by atoms with Crippen LogP contribution in [0.15, 0.2) is 67.1 Å². The molecule has 0 saturated heterocycles. The third-order valence-electron chi connectivity index (χ3n) is 4.29. The Hall–Kier alpha value is -3.54. The van der Waals surface area contributed by atoms with E-state index in [2.05, 4.69) is 15.3 Å². The molecular weight excluding hydrogens is 352 g/mol. The minimum atomic E-state index is -0.336. The van der Waals surface area contributed by atoms with Gasteiger partial charge in [-0.2, -0.15) is 0 Å². The van der Waals surface area contributed by atoms with Gasteiger partial charge in [-0.05, 0) is 55.3 Å². The highest BCUT2D eigenvalue weighted by atomic mass is 16.2. The quantitative estimate of drug-likeness (QED) is 0.718. The zero-order valence-electron chi connectivity index (χ0n) is 15.9. The summed E-state index contributed by atoms with van der Waals surface area (Å²) in [5.74, 6) is -0.506. The van der Waals surface area contributed by atoms with E-state index in [1.165, 1.54) is 12.3 Å². The lowest BCUT2D eigenvalue weighted by molar-refractivity contribution is 0.0946. The first-order chi connectivity index (χ1) is 13.6. The van der Waals surface area contributed by atoms with Gasteiger partial charge in [0.2, 0.25) is 0 Å². The molecule has 0 unspecified atom stereocenters. The number of benzene rings is 1. The topological polar surface area (TPSA) is 75.2 Å².